The average molecular weight is 508 g/mol. The van der Waals surface area contributed by atoms with Crippen LogP contribution >= 0.6 is 0 Å². The summed E-state index contributed by atoms with van der Waals surface area (Å²) in [6.07, 6.45) is 0. The van der Waals surface area contributed by atoms with Gasteiger partial charge in [0.2, 0.25) is 0 Å². The van der Waals surface area contributed by atoms with Gasteiger partial charge in [-0.25, -0.2) is 0 Å². The number of aromatic amines is 1. The van der Waals surface area contributed by atoms with Crippen LogP contribution in [0.1, 0.15) is 27.2 Å². The van der Waals surface area contributed by atoms with Gasteiger partial charge in [0.05, 0.1) is 22.4 Å². The molecule has 1 heterocycles. The Balaban J connectivity index is 1.55. The highest BCUT2D eigenvalue weighted by Crippen LogP contribution is 2.33. The number of carbonyl (C=O) groups is 1. The van der Waals surface area contributed by atoms with Crippen molar-refractivity contribution in [3.63, 3.8) is 0 Å². The van der Waals surface area contributed by atoms with E-state index < -0.39 is 17.4 Å². The smallest absolute Gasteiger partial charge is 0.387 e. The molecule has 0 aliphatic heterocycles. The van der Waals surface area contributed by atoms with Crippen LogP contribution in [0.25, 0.3) is 11.3 Å². The zero-order chi connectivity index (χ0) is 26.7. The minimum absolute atomic E-state index is 0.00744. The van der Waals surface area contributed by atoms with Gasteiger partial charge in [0, 0.05) is 17.7 Å². The van der Waals surface area contributed by atoms with E-state index in [0.29, 0.717) is 17.0 Å². The molecule has 1 aromatic heterocycles. The van der Waals surface area contributed by atoms with Crippen molar-refractivity contribution in [3.8, 4) is 28.5 Å². The van der Waals surface area contributed by atoms with E-state index in [9.17, 15) is 23.7 Å². The molecule has 0 saturated heterocycles. The fourth-order valence-corrected chi connectivity index (χ4v) is 3.65. The molecule has 2 N–H and O–H groups in total. The first-order chi connectivity index (χ1) is 17.6. The predicted octanol–water partition coefficient (Wildman–Crippen LogP) is 6.56. The summed E-state index contributed by atoms with van der Waals surface area (Å²) in [6, 6.07) is 15.1. The molecular weight excluding hydrogens is 486 g/mol. The standard InChI is InChI=1S/C26H22F2N4O5/c1-14-8-15(2)16(3)24(9-14)36-21-11-18(10-19(12-21)32(34)35)29-25(33)23-13-22(30-31-23)17-4-6-20(7-5-17)37-26(27)28/h4-13,26H,1-3H3,(H,29,33)(H,30,31). The van der Waals surface area contributed by atoms with Gasteiger partial charge in [0.25, 0.3) is 11.6 Å². The molecule has 0 bridgehead atoms. The lowest BCUT2D eigenvalue weighted by Crippen LogP contribution is -2.12. The number of rotatable bonds is 8. The maximum atomic E-state index is 12.8. The first kappa shape index (κ1) is 25.3. The van der Waals surface area contributed by atoms with Crippen LogP contribution in [0.4, 0.5) is 20.2 Å². The minimum atomic E-state index is -2.93. The van der Waals surface area contributed by atoms with Crippen molar-refractivity contribution in [1.82, 2.24) is 10.2 Å². The second-order valence-electron chi connectivity index (χ2n) is 8.30. The highest BCUT2D eigenvalue weighted by molar-refractivity contribution is 6.03. The molecule has 1 amide bonds. The number of hydrogen-bond acceptors (Lipinski definition) is 6. The molecule has 3 aromatic carbocycles. The van der Waals surface area contributed by atoms with E-state index in [0.717, 1.165) is 16.7 Å². The summed E-state index contributed by atoms with van der Waals surface area (Å²) < 4.78 is 35.0. The number of H-pyrrole nitrogens is 1. The number of nitrogens with one attached hydrogen (secondary N) is 2. The lowest BCUT2D eigenvalue weighted by Gasteiger charge is -2.13. The quantitative estimate of drug-likeness (QED) is 0.206. The van der Waals surface area contributed by atoms with Gasteiger partial charge >= 0.3 is 6.61 Å². The molecule has 0 aliphatic carbocycles. The molecule has 37 heavy (non-hydrogen) atoms. The van der Waals surface area contributed by atoms with Gasteiger partial charge < -0.3 is 14.8 Å². The number of alkyl halides is 2. The number of nitro benzene ring substituents is 1. The molecule has 190 valence electrons. The highest BCUT2D eigenvalue weighted by atomic mass is 19.3. The third kappa shape index (κ3) is 6.07. The number of aromatic nitrogens is 2. The average Bonchev–Trinajstić information content (AvgIpc) is 3.33. The Morgan fingerprint density at radius 2 is 1.76 bits per heavy atom. The predicted molar refractivity (Wildman–Crippen MR) is 132 cm³/mol. The van der Waals surface area contributed by atoms with Gasteiger partial charge in [-0.3, -0.25) is 20.0 Å². The lowest BCUT2D eigenvalue weighted by molar-refractivity contribution is -0.384. The Morgan fingerprint density at radius 1 is 1.03 bits per heavy atom. The number of nitro groups is 1. The molecule has 0 unspecified atom stereocenters. The van der Waals surface area contributed by atoms with Crippen molar-refractivity contribution < 1.29 is 28.0 Å². The number of aryl methyl sites for hydroxylation is 2. The Labute approximate surface area is 210 Å². The number of ether oxygens (including phenoxy) is 2. The van der Waals surface area contributed by atoms with Crippen LogP contribution in [0.15, 0.2) is 60.7 Å². The van der Waals surface area contributed by atoms with Crippen LogP contribution in [-0.4, -0.2) is 27.6 Å². The van der Waals surface area contributed by atoms with Gasteiger partial charge in [-0.15, -0.1) is 0 Å². The maximum absolute atomic E-state index is 12.8. The molecule has 4 aromatic rings. The Bertz CT molecular complexity index is 1470. The van der Waals surface area contributed by atoms with Crippen LogP contribution in [0.5, 0.6) is 17.2 Å². The molecule has 11 heteroatoms. The summed E-state index contributed by atoms with van der Waals surface area (Å²) in [6.45, 7) is 2.82. The molecular formula is C26H22F2N4O5. The Kier molecular flexibility index (Phi) is 7.14. The summed E-state index contributed by atoms with van der Waals surface area (Å²) in [5.41, 5.74) is 3.81. The summed E-state index contributed by atoms with van der Waals surface area (Å²) in [5, 5.41) is 20.8. The van der Waals surface area contributed by atoms with Crippen LogP contribution in [-0.2, 0) is 0 Å². The van der Waals surface area contributed by atoms with Crippen molar-refractivity contribution in [3.05, 3.63) is 93.2 Å². The molecule has 9 nitrogen and oxygen atoms in total. The van der Waals surface area contributed by atoms with Crippen molar-refractivity contribution in [1.29, 1.82) is 0 Å². The molecule has 0 spiro atoms. The molecule has 0 saturated carbocycles. The topological polar surface area (TPSA) is 119 Å². The van der Waals surface area contributed by atoms with Crippen LogP contribution in [0, 0.1) is 30.9 Å². The fourth-order valence-electron chi connectivity index (χ4n) is 3.65. The highest BCUT2D eigenvalue weighted by Gasteiger charge is 2.17. The van der Waals surface area contributed by atoms with E-state index in [2.05, 4.69) is 20.3 Å². The van der Waals surface area contributed by atoms with Gasteiger partial charge in [0.1, 0.15) is 22.9 Å². The minimum Gasteiger partial charge on any atom is -0.457 e. The Hall–Kier alpha value is -4.80. The second-order valence-corrected chi connectivity index (χ2v) is 8.30. The molecule has 0 atom stereocenters. The van der Waals surface area contributed by atoms with Crippen molar-refractivity contribution >= 4 is 17.3 Å². The molecule has 4 rings (SSSR count). The second kappa shape index (κ2) is 10.4. The molecule has 0 aliphatic rings. The number of non-ortho nitro benzene ring substituents is 1. The van der Waals surface area contributed by atoms with Crippen LogP contribution < -0.4 is 14.8 Å². The summed E-state index contributed by atoms with van der Waals surface area (Å²) >= 11 is 0. The van der Waals surface area contributed by atoms with E-state index in [4.69, 9.17) is 4.74 Å². The van der Waals surface area contributed by atoms with Crippen LogP contribution in [0.2, 0.25) is 0 Å². The number of hydrogen-bond donors (Lipinski definition) is 2. The molecule has 0 radical (unpaired) electrons. The van der Waals surface area contributed by atoms with Gasteiger partial charge in [-0.1, -0.05) is 6.07 Å². The zero-order valence-corrected chi connectivity index (χ0v) is 20.0. The van der Waals surface area contributed by atoms with Crippen molar-refractivity contribution in [2.45, 2.75) is 27.4 Å². The number of halogens is 2. The SMILES string of the molecule is Cc1cc(C)c(C)c(Oc2cc(NC(=O)c3cc(-c4ccc(OC(F)F)cc4)n[nH]3)cc([N+](=O)[O-])c2)c1. The maximum Gasteiger partial charge on any atom is 0.387 e. The normalized spacial score (nSPS) is 10.9. The van der Waals surface area contributed by atoms with E-state index in [1.165, 1.54) is 48.5 Å². The lowest BCUT2D eigenvalue weighted by atomic mass is 10.1. The third-order valence-electron chi connectivity index (χ3n) is 5.55. The number of benzene rings is 3. The van der Waals surface area contributed by atoms with E-state index in [1.807, 2.05) is 32.9 Å². The zero-order valence-electron chi connectivity index (χ0n) is 20.0. The van der Waals surface area contributed by atoms with Gasteiger partial charge in [-0.2, -0.15) is 13.9 Å². The first-order valence-electron chi connectivity index (χ1n) is 11.1. The number of nitrogens with zero attached hydrogens (tertiary/aromatic N) is 2. The number of anilines is 1. The van der Waals surface area contributed by atoms with Crippen molar-refractivity contribution in [2.75, 3.05) is 5.32 Å². The van der Waals surface area contributed by atoms with E-state index in [1.54, 1.807) is 0 Å². The van der Waals surface area contributed by atoms with E-state index >= 15 is 0 Å². The monoisotopic (exact) mass is 508 g/mol. The number of carbonyl (C=O) groups excluding carboxylic acids is 1. The third-order valence-corrected chi connectivity index (χ3v) is 5.55. The first-order valence-corrected chi connectivity index (χ1v) is 11.1. The summed E-state index contributed by atoms with van der Waals surface area (Å²) in [4.78, 5) is 23.8. The Morgan fingerprint density at radius 3 is 2.43 bits per heavy atom. The number of amides is 1. The van der Waals surface area contributed by atoms with Gasteiger partial charge in [0.15, 0.2) is 0 Å². The largest absolute Gasteiger partial charge is 0.457 e. The van der Waals surface area contributed by atoms with Gasteiger partial charge in [-0.05, 0) is 73.9 Å². The van der Waals surface area contributed by atoms with Crippen molar-refractivity contribution in [2.24, 2.45) is 0 Å². The van der Waals surface area contributed by atoms with E-state index in [-0.39, 0.29) is 28.6 Å². The van der Waals surface area contributed by atoms with Crippen LogP contribution in [0.3, 0.4) is 0 Å². The molecule has 0 fully saturated rings. The summed E-state index contributed by atoms with van der Waals surface area (Å²) in [5.74, 6) is 0.143. The fraction of sp³-hybridized carbons (Fsp3) is 0.154. The summed E-state index contributed by atoms with van der Waals surface area (Å²) in [7, 11) is 0.